The van der Waals surface area contributed by atoms with Crippen molar-refractivity contribution < 1.29 is 9.90 Å². The van der Waals surface area contributed by atoms with Crippen LogP contribution in [-0.2, 0) is 10.5 Å². The van der Waals surface area contributed by atoms with Crippen molar-refractivity contribution in [1.29, 1.82) is 0 Å². The summed E-state index contributed by atoms with van der Waals surface area (Å²) >= 11 is 2.98. The Kier molecular flexibility index (Phi) is 4.46. The number of carboxylic acids is 1. The number of anilines is 1. The van der Waals surface area contributed by atoms with Gasteiger partial charge in [0.05, 0.1) is 11.1 Å². The summed E-state index contributed by atoms with van der Waals surface area (Å²) in [5.74, 6) is 0.905. The number of hydrogen-bond acceptors (Lipinski definition) is 7. The van der Waals surface area contributed by atoms with E-state index in [0.717, 1.165) is 15.8 Å². The molecule has 2 aromatic rings. The van der Waals surface area contributed by atoms with Crippen molar-refractivity contribution in [2.24, 2.45) is 5.73 Å². The van der Waals surface area contributed by atoms with E-state index >= 15 is 0 Å². The molecule has 1 atom stereocenters. The molecule has 0 radical (unpaired) electrons. The Morgan fingerprint density at radius 3 is 2.80 bits per heavy atom. The zero-order valence-electron chi connectivity index (χ0n) is 11.2. The SMILES string of the molecule is Cc1sc2nc(CSCC(N)C(=O)O)nc(N)c2c1C. The summed E-state index contributed by atoms with van der Waals surface area (Å²) in [5.41, 5.74) is 12.5. The van der Waals surface area contributed by atoms with E-state index in [1.165, 1.54) is 16.6 Å². The highest BCUT2D eigenvalue weighted by molar-refractivity contribution is 7.98. The van der Waals surface area contributed by atoms with Gasteiger partial charge in [0.25, 0.3) is 0 Å². The van der Waals surface area contributed by atoms with Gasteiger partial charge in [-0.15, -0.1) is 11.3 Å². The van der Waals surface area contributed by atoms with E-state index in [0.29, 0.717) is 23.1 Å². The summed E-state index contributed by atoms with van der Waals surface area (Å²) in [6, 6.07) is -0.868. The fraction of sp³-hybridized carbons (Fsp3) is 0.417. The fourth-order valence-electron chi connectivity index (χ4n) is 1.74. The summed E-state index contributed by atoms with van der Waals surface area (Å²) in [4.78, 5) is 21.4. The maximum absolute atomic E-state index is 10.6. The monoisotopic (exact) mass is 312 g/mol. The van der Waals surface area contributed by atoms with Gasteiger partial charge in [-0.3, -0.25) is 4.79 Å². The highest BCUT2D eigenvalue weighted by Gasteiger charge is 2.14. The zero-order valence-corrected chi connectivity index (χ0v) is 12.8. The molecule has 5 N–H and O–H groups in total. The van der Waals surface area contributed by atoms with Crippen LogP contribution >= 0.6 is 23.1 Å². The van der Waals surface area contributed by atoms with Crippen molar-refractivity contribution in [1.82, 2.24) is 9.97 Å². The number of carbonyl (C=O) groups is 1. The predicted octanol–water partition coefficient (Wildman–Crippen LogP) is 1.54. The third-order valence-electron chi connectivity index (χ3n) is 2.95. The lowest BCUT2D eigenvalue weighted by molar-refractivity contribution is -0.137. The van der Waals surface area contributed by atoms with Crippen molar-refractivity contribution in [2.75, 3.05) is 11.5 Å². The van der Waals surface area contributed by atoms with Crippen LogP contribution in [0.2, 0.25) is 0 Å². The molecule has 0 amide bonds. The molecule has 6 nitrogen and oxygen atoms in total. The van der Waals surface area contributed by atoms with Gasteiger partial charge in [0, 0.05) is 10.6 Å². The van der Waals surface area contributed by atoms with E-state index in [-0.39, 0.29) is 0 Å². The van der Waals surface area contributed by atoms with Crippen LogP contribution in [0.15, 0.2) is 0 Å². The third-order valence-corrected chi connectivity index (χ3v) is 5.11. The molecule has 0 saturated carbocycles. The fourth-order valence-corrected chi connectivity index (χ4v) is 3.62. The molecule has 0 aliphatic carbocycles. The summed E-state index contributed by atoms with van der Waals surface area (Å²) in [5, 5.41) is 9.63. The Bertz CT molecular complexity index is 656. The summed E-state index contributed by atoms with van der Waals surface area (Å²) in [7, 11) is 0. The Morgan fingerprint density at radius 1 is 1.45 bits per heavy atom. The molecule has 0 aliphatic rings. The number of aromatic nitrogens is 2. The number of nitrogen functional groups attached to an aromatic ring is 1. The van der Waals surface area contributed by atoms with Crippen LogP contribution in [0, 0.1) is 13.8 Å². The molecular weight excluding hydrogens is 296 g/mol. The quantitative estimate of drug-likeness (QED) is 0.767. The van der Waals surface area contributed by atoms with Gasteiger partial charge in [0.2, 0.25) is 0 Å². The van der Waals surface area contributed by atoms with Crippen LogP contribution in [0.3, 0.4) is 0 Å². The van der Waals surface area contributed by atoms with E-state index in [1.807, 2.05) is 13.8 Å². The first-order valence-corrected chi connectivity index (χ1v) is 7.95. The molecule has 0 spiro atoms. The maximum atomic E-state index is 10.6. The van der Waals surface area contributed by atoms with Crippen LogP contribution in [0.5, 0.6) is 0 Å². The van der Waals surface area contributed by atoms with E-state index in [9.17, 15) is 4.79 Å². The minimum atomic E-state index is -1.00. The number of rotatable bonds is 5. The van der Waals surface area contributed by atoms with E-state index < -0.39 is 12.0 Å². The lowest BCUT2D eigenvalue weighted by atomic mass is 10.2. The second kappa shape index (κ2) is 5.94. The number of hydrogen-bond donors (Lipinski definition) is 3. The van der Waals surface area contributed by atoms with Gasteiger partial charge in [-0.1, -0.05) is 0 Å². The number of aliphatic carboxylic acids is 1. The van der Waals surface area contributed by atoms with Crippen LogP contribution in [0.25, 0.3) is 10.2 Å². The van der Waals surface area contributed by atoms with Crippen LogP contribution in [0.1, 0.15) is 16.3 Å². The highest BCUT2D eigenvalue weighted by Crippen LogP contribution is 2.32. The minimum Gasteiger partial charge on any atom is -0.480 e. The molecule has 0 aromatic carbocycles. The summed E-state index contributed by atoms with van der Waals surface area (Å²) in [6.07, 6.45) is 0. The zero-order chi connectivity index (χ0) is 14.9. The number of thioether (sulfide) groups is 1. The normalized spacial score (nSPS) is 12.8. The standard InChI is InChI=1S/C12H16N4O2S2/c1-5-6(2)20-11-9(5)10(14)15-8(16-11)4-19-3-7(13)12(17)18/h7H,3-4,13H2,1-2H3,(H,17,18)(H2,14,15,16). The molecule has 1 unspecified atom stereocenters. The molecule has 0 bridgehead atoms. The van der Waals surface area contributed by atoms with E-state index in [4.69, 9.17) is 16.6 Å². The molecule has 2 heterocycles. The molecular formula is C12H16N4O2S2. The average Bonchev–Trinajstić information content (AvgIpc) is 2.65. The lowest BCUT2D eigenvalue weighted by Crippen LogP contribution is -2.32. The molecule has 0 fully saturated rings. The minimum absolute atomic E-state index is 0.319. The van der Waals surface area contributed by atoms with E-state index in [2.05, 4.69) is 9.97 Å². The number of nitrogens with two attached hydrogens (primary N) is 2. The summed E-state index contributed by atoms with van der Waals surface area (Å²) < 4.78 is 0. The first-order chi connectivity index (χ1) is 9.40. The van der Waals surface area contributed by atoms with Gasteiger partial charge < -0.3 is 16.6 Å². The Morgan fingerprint density at radius 2 is 2.15 bits per heavy atom. The first kappa shape index (κ1) is 15.0. The second-order valence-corrected chi connectivity index (χ2v) is 6.68. The number of fused-ring (bicyclic) bond motifs is 1. The van der Waals surface area contributed by atoms with Gasteiger partial charge in [-0.25, -0.2) is 9.97 Å². The number of carboxylic acid groups (broad SMARTS) is 1. The van der Waals surface area contributed by atoms with Crippen molar-refractivity contribution in [3.05, 3.63) is 16.3 Å². The third kappa shape index (κ3) is 3.02. The smallest absolute Gasteiger partial charge is 0.321 e. The van der Waals surface area contributed by atoms with Crippen LogP contribution < -0.4 is 11.5 Å². The Balaban J connectivity index is 2.14. The predicted molar refractivity (Wildman–Crippen MR) is 83.1 cm³/mol. The molecule has 8 heteroatoms. The average molecular weight is 312 g/mol. The lowest BCUT2D eigenvalue weighted by Gasteiger charge is -2.06. The first-order valence-electron chi connectivity index (χ1n) is 5.98. The van der Waals surface area contributed by atoms with Crippen LogP contribution in [-0.4, -0.2) is 32.8 Å². The Labute approximate surface area is 124 Å². The maximum Gasteiger partial charge on any atom is 0.321 e. The van der Waals surface area contributed by atoms with E-state index in [1.54, 1.807) is 11.3 Å². The Hall–Kier alpha value is -1.38. The number of aryl methyl sites for hydroxylation is 2. The van der Waals surface area contributed by atoms with Gasteiger partial charge in [-0.2, -0.15) is 11.8 Å². The van der Waals surface area contributed by atoms with Crippen molar-refractivity contribution in [3.8, 4) is 0 Å². The van der Waals surface area contributed by atoms with Gasteiger partial charge in [0.1, 0.15) is 22.5 Å². The topological polar surface area (TPSA) is 115 Å². The number of thiophene rings is 1. The number of nitrogens with zero attached hydrogens (tertiary/aromatic N) is 2. The molecule has 0 saturated heterocycles. The molecule has 0 aliphatic heterocycles. The molecule has 2 rings (SSSR count). The molecule has 2 aromatic heterocycles. The van der Waals surface area contributed by atoms with Crippen molar-refractivity contribution >= 4 is 45.1 Å². The second-order valence-electron chi connectivity index (χ2n) is 4.45. The highest BCUT2D eigenvalue weighted by atomic mass is 32.2. The van der Waals surface area contributed by atoms with Crippen LogP contribution in [0.4, 0.5) is 5.82 Å². The summed E-state index contributed by atoms with van der Waals surface area (Å²) in [6.45, 7) is 4.04. The van der Waals surface area contributed by atoms with Crippen molar-refractivity contribution in [3.63, 3.8) is 0 Å². The van der Waals surface area contributed by atoms with Gasteiger partial charge >= 0.3 is 5.97 Å². The largest absolute Gasteiger partial charge is 0.480 e. The molecule has 108 valence electrons. The molecule has 20 heavy (non-hydrogen) atoms. The van der Waals surface area contributed by atoms with Gasteiger partial charge in [-0.05, 0) is 19.4 Å². The van der Waals surface area contributed by atoms with Crippen molar-refractivity contribution in [2.45, 2.75) is 25.6 Å². The van der Waals surface area contributed by atoms with Gasteiger partial charge in [0.15, 0.2) is 0 Å².